The molecule has 1 fully saturated rings. The molecule has 2 atom stereocenters. The summed E-state index contributed by atoms with van der Waals surface area (Å²) in [5.74, 6) is -1.16. The van der Waals surface area contributed by atoms with Crippen molar-refractivity contribution in [2.45, 2.75) is 44.4 Å². The molecule has 0 spiro atoms. The molecule has 0 saturated heterocycles. The van der Waals surface area contributed by atoms with Crippen molar-refractivity contribution in [2.24, 2.45) is 0 Å². The molecule has 0 aliphatic heterocycles. The van der Waals surface area contributed by atoms with E-state index in [2.05, 4.69) is 10.6 Å². The Morgan fingerprint density at radius 3 is 2.56 bits per heavy atom. The van der Waals surface area contributed by atoms with Gasteiger partial charge in [0.2, 0.25) is 5.91 Å². The highest BCUT2D eigenvalue weighted by Crippen LogP contribution is 2.18. The quantitative estimate of drug-likeness (QED) is 0.453. The Morgan fingerprint density at radius 2 is 2.06 bits per heavy atom. The largest absolute Gasteiger partial charge is 0.481 e. The average molecular weight is 230 g/mol. The predicted octanol–water partition coefficient (Wildman–Crippen LogP) is -0.921. The summed E-state index contributed by atoms with van der Waals surface area (Å²) in [6.45, 7) is 1.79. The number of carbonyl (C=O) groups is 2. The lowest BCUT2D eigenvalue weighted by Gasteiger charge is -2.15. The van der Waals surface area contributed by atoms with E-state index >= 15 is 0 Å². The minimum absolute atomic E-state index is 0.103. The Kier molecular flexibility index (Phi) is 4.70. The minimum atomic E-state index is -1.05. The van der Waals surface area contributed by atoms with Gasteiger partial charge in [0, 0.05) is 12.6 Å². The van der Waals surface area contributed by atoms with Crippen molar-refractivity contribution in [3.63, 3.8) is 0 Å². The number of rotatable bonds is 7. The highest BCUT2D eigenvalue weighted by molar-refractivity contribution is 5.81. The second-order valence-corrected chi connectivity index (χ2v) is 4.16. The van der Waals surface area contributed by atoms with Crippen LogP contribution in [0.15, 0.2) is 0 Å². The third-order valence-electron chi connectivity index (χ3n) is 2.39. The van der Waals surface area contributed by atoms with E-state index in [-0.39, 0.29) is 18.9 Å². The molecule has 16 heavy (non-hydrogen) atoms. The zero-order chi connectivity index (χ0) is 12.1. The number of amides is 1. The monoisotopic (exact) mass is 230 g/mol. The van der Waals surface area contributed by atoms with Crippen molar-refractivity contribution in [1.82, 2.24) is 10.6 Å². The Morgan fingerprint density at radius 1 is 1.44 bits per heavy atom. The maximum atomic E-state index is 11.5. The Bertz CT molecular complexity index is 266. The van der Waals surface area contributed by atoms with Crippen LogP contribution in [0.2, 0.25) is 0 Å². The number of carbonyl (C=O) groups excluding carboxylic acids is 1. The molecule has 0 heterocycles. The molecule has 1 amide bonds. The van der Waals surface area contributed by atoms with Crippen molar-refractivity contribution in [3.8, 4) is 0 Å². The number of aliphatic hydroxyl groups is 1. The lowest BCUT2D eigenvalue weighted by molar-refractivity contribution is -0.139. The van der Waals surface area contributed by atoms with Crippen molar-refractivity contribution in [2.75, 3.05) is 6.54 Å². The fourth-order valence-electron chi connectivity index (χ4n) is 1.23. The molecule has 1 aliphatic carbocycles. The van der Waals surface area contributed by atoms with Crippen LogP contribution in [0.1, 0.15) is 26.2 Å². The van der Waals surface area contributed by atoms with E-state index in [0.29, 0.717) is 6.04 Å². The van der Waals surface area contributed by atoms with Gasteiger partial charge in [-0.3, -0.25) is 9.59 Å². The Labute approximate surface area is 94.0 Å². The van der Waals surface area contributed by atoms with Gasteiger partial charge in [-0.1, -0.05) is 0 Å². The van der Waals surface area contributed by atoms with Crippen LogP contribution in [-0.4, -0.2) is 46.8 Å². The van der Waals surface area contributed by atoms with E-state index in [1.54, 1.807) is 6.92 Å². The zero-order valence-electron chi connectivity index (χ0n) is 9.27. The molecule has 92 valence electrons. The maximum Gasteiger partial charge on any atom is 0.306 e. The molecule has 6 heteroatoms. The van der Waals surface area contributed by atoms with Gasteiger partial charge in [0.05, 0.1) is 18.6 Å². The van der Waals surface area contributed by atoms with Gasteiger partial charge in [0.25, 0.3) is 0 Å². The molecule has 2 unspecified atom stereocenters. The first-order chi connectivity index (χ1) is 7.49. The Balaban J connectivity index is 2.14. The summed E-state index contributed by atoms with van der Waals surface area (Å²) in [6.07, 6.45) is 0.776. The standard InChI is InChI=1S/C10H18N2O4/c1-6(10(16)12-7-2-3-7)11-5-8(13)4-9(14)15/h6-8,11,13H,2-5H2,1H3,(H,12,16)(H,14,15). The zero-order valence-corrected chi connectivity index (χ0v) is 9.27. The molecular weight excluding hydrogens is 212 g/mol. The van der Waals surface area contributed by atoms with Crippen LogP contribution < -0.4 is 10.6 Å². The van der Waals surface area contributed by atoms with Crippen LogP contribution in [0.25, 0.3) is 0 Å². The normalized spacial score (nSPS) is 18.9. The molecule has 1 aliphatic rings. The first-order valence-corrected chi connectivity index (χ1v) is 5.42. The number of nitrogens with one attached hydrogen (secondary N) is 2. The highest BCUT2D eigenvalue weighted by Gasteiger charge is 2.25. The lowest BCUT2D eigenvalue weighted by atomic mass is 10.2. The van der Waals surface area contributed by atoms with Gasteiger partial charge in [-0.2, -0.15) is 0 Å². The van der Waals surface area contributed by atoms with Crippen LogP contribution in [0.4, 0.5) is 0 Å². The van der Waals surface area contributed by atoms with Crippen LogP contribution in [0.5, 0.6) is 0 Å². The summed E-state index contributed by atoms with van der Waals surface area (Å²) in [5.41, 5.74) is 0. The summed E-state index contributed by atoms with van der Waals surface area (Å²) in [4.78, 5) is 21.7. The van der Waals surface area contributed by atoms with Gasteiger partial charge in [-0.05, 0) is 19.8 Å². The molecule has 1 rings (SSSR count). The number of aliphatic hydroxyl groups excluding tert-OH is 1. The second kappa shape index (κ2) is 5.81. The fraction of sp³-hybridized carbons (Fsp3) is 0.800. The van der Waals surface area contributed by atoms with E-state index in [4.69, 9.17) is 5.11 Å². The van der Waals surface area contributed by atoms with Gasteiger partial charge in [0.15, 0.2) is 0 Å². The van der Waals surface area contributed by atoms with Gasteiger partial charge >= 0.3 is 5.97 Å². The third-order valence-corrected chi connectivity index (χ3v) is 2.39. The molecule has 0 aromatic carbocycles. The highest BCUT2D eigenvalue weighted by atomic mass is 16.4. The van der Waals surface area contributed by atoms with E-state index in [1.807, 2.05) is 0 Å². The number of hydrogen-bond donors (Lipinski definition) is 4. The summed E-state index contributed by atoms with van der Waals surface area (Å²) < 4.78 is 0. The number of hydrogen-bond acceptors (Lipinski definition) is 4. The smallest absolute Gasteiger partial charge is 0.306 e. The molecule has 1 saturated carbocycles. The van der Waals surface area contributed by atoms with Crippen LogP contribution >= 0.6 is 0 Å². The van der Waals surface area contributed by atoms with Crippen molar-refractivity contribution >= 4 is 11.9 Å². The molecular formula is C10H18N2O4. The molecule has 0 radical (unpaired) electrons. The number of aliphatic carboxylic acids is 1. The molecule has 0 aromatic rings. The van der Waals surface area contributed by atoms with E-state index in [1.165, 1.54) is 0 Å². The number of carboxylic acids is 1. The molecule has 6 nitrogen and oxygen atoms in total. The van der Waals surface area contributed by atoms with E-state index < -0.39 is 18.1 Å². The van der Waals surface area contributed by atoms with Crippen molar-refractivity contribution in [3.05, 3.63) is 0 Å². The van der Waals surface area contributed by atoms with Crippen LogP contribution in [-0.2, 0) is 9.59 Å². The first kappa shape index (κ1) is 12.9. The molecule has 0 bridgehead atoms. The van der Waals surface area contributed by atoms with Gasteiger partial charge in [-0.15, -0.1) is 0 Å². The number of carboxylic acid groups (broad SMARTS) is 1. The summed E-state index contributed by atoms with van der Waals surface area (Å²) >= 11 is 0. The third kappa shape index (κ3) is 5.09. The summed E-state index contributed by atoms with van der Waals surface area (Å²) in [7, 11) is 0. The van der Waals surface area contributed by atoms with Gasteiger partial charge < -0.3 is 20.8 Å². The summed E-state index contributed by atoms with van der Waals surface area (Å²) in [5, 5.41) is 23.3. The first-order valence-electron chi connectivity index (χ1n) is 5.42. The van der Waals surface area contributed by atoms with Crippen LogP contribution in [0, 0.1) is 0 Å². The topological polar surface area (TPSA) is 98.7 Å². The van der Waals surface area contributed by atoms with E-state index in [0.717, 1.165) is 12.8 Å². The van der Waals surface area contributed by atoms with E-state index in [9.17, 15) is 14.7 Å². The Hall–Kier alpha value is -1.14. The second-order valence-electron chi connectivity index (χ2n) is 4.16. The van der Waals surface area contributed by atoms with Gasteiger partial charge in [-0.25, -0.2) is 0 Å². The van der Waals surface area contributed by atoms with Crippen molar-refractivity contribution in [1.29, 1.82) is 0 Å². The minimum Gasteiger partial charge on any atom is -0.481 e. The fourth-order valence-corrected chi connectivity index (χ4v) is 1.23. The van der Waals surface area contributed by atoms with Crippen molar-refractivity contribution < 1.29 is 19.8 Å². The average Bonchev–Trinajstić information content (AvgIpc) is 2.96. The SMILES string of the molecule is CC(NCC(O)CC(=O)O)C(=O)NC1CC1. The molecule has 0 aromatic heterocycles. The maximum absolute atomic E-state index is 11.5. The summed E-state index contributed by atoms with van der Waals surface area (Å²) in [6, 6.07) is -0.107. The lowest BCUT2D eigenvalue weighted by Crippen LogP contribution is -2.45. The predicted molar refractivity (Wildman–Crippen MR) is 56.9 cm³/mol. The van der Waals surface area contributed by atoms with Crippen LogP contribution in [0.3, 0.4) is 0 Å². The van der Waals surface area contributed by atoms with Gasteiger partial charge in [0.1, 0.15) is 0 Å². The molecule has 4 N–H and O–H groups in total.